The Bertz CT molecular complexity index is 422. The highest BCUT2D eigenvalue weighted by atomic mass is 32.2. The van der Waals surface area contributed by atoms with Crippen LogP contribution in [-0.4, -0.2) is 51.0 Å². The van der Waals surface area contributed by atoms with Crippen molar-refractivity contribution < 1.29 is 9.13 Å². The first-order chi connectivity index (χ1) is 9.24. The minimum Gasteiger partial charge on any atom is -0.495 e. The van der Waals surface area contributed by atoms with Gasteiger partial charge in [-0.05, 0) is 30.4 Å². The van der Waals surface area contributed by atoms with Crippen molar-refractivity contribution in [3.05, 3.63) is 23.5 Å². The molecule has 1 aromatic rings. The van der Waals surface area contributed by atoms with Gasteiger partial charge in [-0.2, -0.15) is 0 Å². The summed E-state index contributed by atoms with van der Waals surface area (Å²) in [7, 11) is 1.65. The van der Waals surface area contributed by atoms with E-state index in [4.69, 9.17) is 4.74 Å². The van der Waals surface area contributed by atoms with Gasteiger partial charge in [-0.25, -0.2) is 4.39 Å². The number of methoxy groups -OCH3 is 1. The number of nitrogens with zero attached hydrogens (tertiary/aromatic N) is 1. The molecule has 0 aliphatic carbocycles. The van der Waals surface area contributed by atoms with Crippen molar-refractivity contribution in [2.75, 3.05) is 46.1 Å². The molecule has 0 radical (unpaired) electrons. The van der Waals surface area contributed by atoms with Crippen molar-refractivity contribution in [1.29, 1.82) is 0 Å². The normalized spacial score (nSPS) is 16.6. The molecule has 1 saturated heterocycles. The van der Waals surface area contributed by atoms with Crippen molar-refractivity contribution in [2.24, 2.45) is 0 Å². The molecule has 0 bridgehead atoms. The lowest BCUT2D eigenvalue weighted by molar-refractivity contribution is 0.243. The number of rotatable bonds is 5. The summed E-state index contributed by atoms with van der Waals surface area (Å²) in [5.74, 6) is 0.643. The molecule has 0 saturated carbocycles. The van der Waals surface area contributed by atoms with E-state index in [1.54, 1.807) is 13.2 Å². The van der Waals surface area contributed by atoms with Crippen LogP contribution in [0.2, 0.25) is 0 Å². The van der Waals surface area contributed by atoms with Crippen LogP contribution in [-0.2, 0) is 6.42 Å². The fourth-order valence-electron chi connectivity index (χ4n) is 2.41. The Hall–Kier alpha value is -0.780. The van der Waals surface area contributed by atoms with E-state index in [2.05, 4.69) is 10.2 Å². The summed E-state index contributed by atoms with van der Waals surface area (Å²) in [6.45, 7) is 5.15. The fraction of sp³-hybridized carbons (Fsp3) is 0.571. The van der Waals surface area contributed by atoms with E-state index in [9.17, 15) is 4.39 Å². The van der Waals surface area contributed by atoms with Gasteiger partial charge in [0.25, 0.3) is 0 Å². The molecule has 5 heteroatoms. The van der Waals surface area contributed by atoms with E-state index in [0.717, 1.165) is 55.4 Å². The van der Waals surface area contributed by atoms with Crippen LogP contribution in [0.5, 0.6) is 5.75 Å². The maximum absolute atomic E-state index is 13.6. The number of thioether (sulfide) groups is 1. The van der Waals surface area contributed by atoms with Gasteiger partial charge in [-0.3, -0.25) is 0 Å². The first kappa shape index (κ1) is 14.6. The Morgan fingerprint density at radius 1 is 1.37 bits per heavy atom. The van der Waals surface area contributed by atoms with Gasteiger partial charge in [0.05, 0.1) is 12.0 Å². The maximum atomic E-state index is 13.6. The van der Waals surface area contributed by atoms with E-state index in [1.807, 2.05) is 6.26 Å². The topological polar surface area (TPSA) is 24.5 Å². The molecule has 1 fully saturated rings. The smallest absolute Gasteiger partial charge is 0.135 e. The summed E-state index contributed by atoms with van der Waals surface area (Å²) in [6, 6.07) is 3.14. The number of hydrogen-bond donors (Lipinski definition) is 1. The van der Waals surface area contributed by atoms with E-state index in [0.29, 0.717) is 0 Å². The third-order valence-electron chi connectivity index (χ3n) is 3.43. The van der Waals surface area contributed by atoms with E-state index in [1.165, 1.54) is 17.8 Å². The molecular formula is C14H21FN2OS. The Kier molecular flexibility index (Phi) is 5.48. The quantitative estimate of drug-likeness (QED) is 0.836. The van der Waals surface area contributed by atoms with Crippen LogP contribution >= 0.6 is 11.8 Å². The van der Waals surface area contributed by atoms with E-state index < -0.39 is 0 Å². The molecule has 1 aliphatic rings. The molecule has 2 rings (SSSR count). The minimum atomic E-state index is -0.180. The predicted octanol–water partition coefficient (Wildman–Crippen LogP) is 2.00. The van der Waals surface area contributed by atoms with E-state index in [-0.39, 0.29) is 5.82 Å². The monoisotopic (exact) mass is 284 g/mol. The number of hydrogen-bond acceptors (Lipinski definition) is 4. The lowest BCUT2D eigenvalue weighted by atomic mass is 10.1. The van der Waals surface area contributed by atoms with Gasteiger partial charge >= 0.3 is 0 Å². The number of nitrogens with one attached hydrogen (secondary N) is 1. The molecule has 3 nitrogen and oxygen atoms in total. The highest BCUT2D eigenvalue weighted by Crippen LogP contribution is 2.32. The summed E-state index contributed by atoms with van der Waals surface area (Å²) in [5, 5.41) is 3.33. The van der Waals surface area contributed by atoms with Gasteiger partial charge in [-0.1, -0.05) is 0 Å². The van der Waals surface area contributed by atoms with Gasteiger partial charge in [0.15, 0.2) is 0 Å². The lowest BCUT2D eigenvalue weighted by Gasteiger charge is -2.27. The average Bonchev–Trinajstić information content (AvgIpc) is 2.45. The van der Waals surface area contributed by atoms with Gasteiger partial charge in [0, 0.05) is 32.7 Å². The Morgan fingerprint density at radius 2 is 2.11 bits per heavy atom. The summed E-state index contributed by atoms with van der Waals surface area (Å²) in [4.78, 5) is 3.28. The van der Waals surface area contributed by atoms with Gasteiger partial charge in [0.1, 0.15) is 11.6 Å². The molecule has 0 spiro atoms. The second-order valence-electron chi connectivity index (χ2n) is 4.64. The molecule has 106 valence electrons. The SMILES string of the molecule is COc1c(CCN2CCNCC2)cc(F)cc1SC. The second kappa shape index (κ2) is 7.12. The summed E-state index contributed by atoms with van der Waals surface area (Å²) >= 11 is 1.52. The van der Waals surface area contributed by atoms with Crippen LogP contribution < -0.4 is 10.1 Å². The predicted molar refractivity (Wildman–Crippen MR) is 77.7 cm³/mol. The molecule has 1 aromatic carbocycles. The highest BCUT2D eigenvalue weighted by Gasteiger charge is 2.14. The first-order valence-electron chi connectivity index (χ1n) is 6.58. The van der Waals surface area contributed by atoms with Crippen molar-refractivity contribution in [1.82, 2.24) is 10.2 Å². The molecule has 0 unspecified atom stereocenters. The number of ether oxygens (including phenoxy) is 1. The number of benzene rings is 1. The van der Waals surface area contributed by atoms with Gasteiger partial charge in [0.2, 0.25) is 0 Å². The van der Waals surface area contributed by atoms with Crippen LogP contribution in [0.3, 0.4) is 0 Å². The number of halogens is 1. The molecule has 1 heterocycles. The molecule has 0 atom stereocenters. The van der Waals surface area contributed by atoms with Gasteiger partial charge < -0.3 is 15.0 Å². The first-order valence-corrected chi connectivity index (χ1v) is 7.80. The number of piperazine rings is 1. The van der Waals surface area contributed by atoms with Crippen molar-refractivity contribution >= 4 is 11.8 Å². The molecule has 1 aliphatic heterocycles. The average molecular weight is 284 g/mol. The van der Waals surface area contributed by atoms with Crippen LogP contribution in [0.25, 0.3) is 0 Å². The largest absolute Gasteiger partial charge is 0.495 e. The zero-order valence-corrected chi connectivity index (χ0v) is 12.4. The van der Waals surface area contributed by atoms with Crippen LogP contribution in [0.4, 0.5) is 4.39 Å². The molecule has 0 aromatic heterocycles. The summed E-state index contributed by atoms with van der Waals surface area (Å²) in [5.41, 5.74) is 0.963. The summed E-state index contributed by atoms with van der Waals surface area (Å²) in [6.07, 6.45) is 2.77. The summed E-state index contributed by atoms with van der Waals surface area (Å²) < 4.78 is 19.0. The fourth-order valence-corrected chi connectivity index (χ4v) is 3.04. The zero-order valence-electron chi connectivity index (χ0n) is 11.5. The van der Waals surface area contributed by atoms with Gasteiger partial charge in [-0.15, -0.1) is 11.8 Å². The van der Waals surface area contributed by atoms with Crippen molar-refractivity contribution in [2.45, 2.75) is 11.3 Å². The Balaban J connectivity index is 2.07. The highest BCUT2D eigenvalue weighted by molar-refractivity contribution is 7.98. The zero-order chi connectivity index (χ0) is 13.7. The standard InChI is InChI=1S/C14H21FN2OS/c1-18-14-11(9-12(15)10-13(14)19-2)3-6-17-7-4-16-5-8-17/h9-10,16H,3-8H2,1-2H3. The van der Waals surface area contributed by atoms with Crippen LogP contribution in [0.1, 0.15) is 5.56 Å². The molecular weight excluding hydrogens is 263 g/mol. The maximum Gasteiger partial charge on any atom is 0.135 e. The second-order valence-corrected chi connectivity index (χ2v) is 5.49. The molecule has 0 amide bonds. The van der Waals surface area contributed by atoms with E-state index >= 15 is 0 Å². The van der Waals surface area contributed by atoms with Crippen LogP contribution in [0, 0.1) is 5.82 Å². The van der Waals surface area contributed by atoms with Crippen LogP contribution in [0.15, 0.2) is 17.0 Å². The minimum absolute atomic E-state index is 0.180. The van der Waals surface area contributed by atoms with Crippen molar-refractivity contribution in [3.63, 3.8) is 0 Å². The molecule has 1 N–H and O–H groups in total. The Morgan fingerprint density at radius 3 is 2.74 bits per heavy atom. The molecule has 19 heavy (non-hydrogen) atoms. The lowest BCUT2D eigenvalue weighted by Crippen LogP contribution is -2.44. The Labute approximate surface area is 118 Å². The third-order valence-corrected chi connectivity index (χ3v) is 4.17. The third kappa shape index (κ3) is 3.84. The van der Waals surface area contributed by atoms with Crippen molar-refractivity contribution in [3.8, 4) is 5.75 Å².